The van der Waals surface area contributed by atoms with E-state index in [1.54, 1.807) is 11.1 Å². The summed E-state index contributed by atoms with van der Waals surface area (Å²) in [5.74, 6) is 0. The first kappa shape index (κ1) is 21.7. The largest absolute Gasteiger partial charge is 0.400 e. The van der Waals surface area contributed by atoms with Gasteiger partial charge in [0.05, 0.1) is 0 Å². The van der Waals surface area contributed by atoms with Crippen LogP contribution in [0.2, 0.25) is 0 Å². The molecule has 0 saturated heterocycles. The molecule has 0 amide bonds. The molecule has 0 spiro atoms. The molecule has 1 aliphatic carbocycles. The zero-order chi connectivity index (χ0) is 14.7. The summed E-state index contributed by atoms with van der Waals surface area (Å²) in [7, 11) is 3.00. The first-order valence-electron chi connectivity index (χ1n) is 6.45. The van der Waals surface area contributed by atoms with Crippen LogP contribution in [-0.4, -0.2) is 36.6 Å². The standard InChI is InChI=1S/C13H13.3CH4O.Ti/c1-3-7-12-10(5-1)9-11-6-2-4-8-13(11)12;3*1-2;/h1,3,5,7,9H,2,4,6,8H2;3*2H,1H3;/q-1;;;;. The van der Waals surface area contributed by atoms with Crippen LogP contribution in [0, 0.1) is 0 Å². The van der Waals surface area contributed by atoms with Gasteiger partial charge in [-0.15, -0.1) is 40.6 Å². The van der Waals surface area contributed by atoms with Crippen molar-refractivity contribution in [1.29, 1.82) is 0 Å². The van der Waals surface area contributed by atoms with Gasteiger partial charge in [-0.3, -0.25) is 0 Å². The zero-order valence-electron chi connectivity index (χ0n) is 12.6. The Morgan fingerprint density at radius 1 is 0.850 bits per heavy atom. The van der Waals surface area contributed by atoms with Gasteiger partial charge < -0.3 is 15.3 Å². The average Bonchev–Trinajstić information content (AvgIpc) is 2.92. The molecule has 0 aliphatic heterocycles. The minimum absolute atomic E-state index is 0. The third-order valence-electron chi connectivity index (χ3n) is 3.13. The van der Waals surface area contributed by atoms with Crippen LogP contribution in [-0.2, 0) is 34.6 Å². The minimum atomic E-state index is 0. The number of hydrogen-bond donors (Lipinski definition) is 3. The van der Waals surface area contributed by atoms with Crippen molar-refractivity contribution in [2.75, 3.05) is 21.3 Å². The van der Waals surface area contributed by atoms with Gasteiger partial charge >= 0.3 is 0 Å². The summed E-state index contributed by atoms with van der Waals surface area (Å²) in [6.07, 6.45) is 5.34. The van der Waals surface area contributed by atoms with E-state index >= 15 is 0 Å². The van der Waals surface area contributed by atoms with E-state index in [1.165, 1.54) is 36.5 Å². The predicted octanol–water partition coefficient (Wildman–Crippen LogP) is 2.26. The summed E-state index contributed by atoms with van der Waals surface area (Å²) >= 11 is 0. The van der Waals surface area contributed by atoms with Crippen LogP contribution in [0.4, 0.5) is 0 Å². The van der Waals surface area contributed by atoms with E-state index < -0.39 is 0 Å². The van der Waals surface area contributed by atoms with E-state index in [2.05, 4.69) is 30.3 Å². The first-order valence-corrected chi connectivity index (χ1v) is 6.45. The summed E-state index contributed by atoms with van der Waals surface area (Å²) < 4.78 is 0. The number of aryl methyl sites for hydroxylation is 2. The molecule has 3 nitrogen and oxygen atoms in total. The molecule has 20 heavy (non-hydrogen) atoms. The number of aliphatic hydroxyl groups is 3. The second-order valence-corrected chi connectivity index (χ2v) is 3.94. The van der Waals surface area contributed by atoms with Crippen LogP contribution in [0.5, 0.6) is 0 Å². The maximum atomic E-state index is 7.00. The normalized spacial score (nSPS) is 11.3. The van der Waals surface area contributed by atoms with Crippen LogP contribution in [0.3, 0.4) is 0 Å². The molecule has 0 atom stereocenters. The molecule has 3 N–H and O–H groups in total. The van der Waals surface area contributed by atoms with Crippen LogP contribution >= 0.6 is 0 Å². The van der Waals surface area contributed by atoms with Crippen molar-refractivity contribution < 1.29 is 37.0 Å². The zero-order valence-corrected chi connectivity index (χ0v) is 14.1. The van der Waals surface area contributed by atoms with E-state index in [0.717, 1.165) is 21.3 Å². The molecule has 0 fully saturated rings. The fourth-order valence-corrected chi connectivity index (χ4v) is 2.48. The Hall–Kier alpha value is -0.576. The summed E-state index contributed by atoms with van der Waals surface area (Å²) in [5, 5.41) is 23.9. The molecule has 0 unspecified atom stereocenters. The van der Waals surface area contributed by atoms with E-state index in [1.807, 2.05) is 0 Å². The Bertz CT molecular complexity index is 452. The number of aliphatic hydroxyl groups excluding tert-OH is 3. The third kappa shape index (κ3) is 5.43. The van der Waals surface area contributed by atoms with Gasteiger partial charge in [0.25, 0.3) is 0 Å². The summed E-state index contributed by atoms with van der Waals surface area (Å²) in [5.41, 5.74) is 3.23. The Labute approximate surface area is 136 Å². The van der Waals surface area contributed by atoms with Gasteiger partial charge in [0.15, 0.2) is 0 Å². The van der Waals surface area contributed by atoms with Crippen molar-refractivity contribution in [2.24, 2.45) is 0 Å². The molecule has 2 aromatic rings. The second kappa shape index (κ2) is 13.4. The molecule has 0 aromatic heterocycles. The van der Waals surface area contributed by atoms with Crippen molar-refractivity contribution in [3.05, 3.63) is 41.5 Å². The van der Waals surface area contributed by atoms with Gasteiger partial charge in [-0.25, -0.2) is 0 Å². The Kier molecular flexibility index (Phi) is 14.6. The molecule has 1 aliphatic rings. The molecule has 0 heterocycles. The van der Waals surface area contributed by atoms with Gasteiger partial charge in [-0.05, 0) is 6.42 Å². The molecule has 0 radical (unpaired) electrons. The first-order chi connectivity index (χ1) is 9.45. The number of benzene rings is 1. The SMILES string of the molecule is CO.CO.CO.[Ti].c1ccc2c3c([cH-]c2c1)CCCC3. The van der Waals surface area contributed by atoms with E-state index in [4.69, 9.17) is 15.3 Å². The van der Waals surface area contributed by atoms with Crippen molar-refractivity contribution in [3.63, 3.8) is 0 Å². The molecule has 2 aromatic carbocycles. The quantitative estimate of drug-likeness (QED) is 0.516. The second-order valence-electron chi connectivity index (χ2n) is 3.94. The molecule has 112 valence electrons. The van der Waals surface area contributed by atoms with E-state index in [0.29, 0.717) is 0 Å². The van der Waals surface area contributed by atoms with Crippen molar-refractivity contribution in [3.8, 4) is 0 Å². The van der Waals surface area contributed by atoms with Gasteiger partial charge in [0.2, 0.25) is 0 Å². The summed E-state index contributed by atoms with van der Waals surface area (Å²) in [4.78, 5) is 0. The summed E-state index contributed by atoms with van der Waals surface area (Å²) in [6.45, 7) is 0. The molecule has 0 bridgehead atoms. The van der Waals surface area contributed by atoms with Gasteiger partial charge in [0, 0.05) is 43.0 Å². The maximum Gasteiger partial charge on any atom is 0.0319 e. The van der Waals surface area contributed by atoms with Crippen molar-refractivity contribution in [1.82, 2.24) is 0 Å². The van der Waals surface area contributed by atoms with Crippen LogP contribution in [0.15, 0.2) is 30.3 Å². The van der Waals surface area contributed by atoms with Gasteiger partial charge in [-0.2, -0.15) is 5.56 Å². The number of rotatable bonds is 0. The fourth-order valence-electron chi connectivity index (χ4n) is 2.48. The smallest absolute Gasteiger partial charge is 0.0319 e. The minimum Gasteiger partial charge on any atom is -0.400 e. The number of hydrogen-bond acceptors (Lipinski definition) is 3. The third-order valence-corrected chi connectivity index (χ3v) is 3.13. The molecular weight excluding hydrogens is 288 g/mol. The molecular formula is C16H25O3Ti-. The maximum absolute atomic E-state index is 7.00. The van der Waals surface area contributed by atoms with Crippen LogP contribution < -0.4 is 0 Å². The Balaban J connectivity index is 0. The van der Waals surface area contributed by atoms with Crippen LogP contribution in [0.1, 0.15) is 24.0 Å². The fraction of sp³-hybridized carbons (Fsp3) is 0.438. The van der Waals surface area contributed by atoms with E-state index in [9.17, 15) is 0 Å². The van der Waals surface area contributed by atoms with E-state index in [-0.39, 0.29) is 21.7 Å². The Morgan fingerprint density at radius 2 is 1.40 bits per heavy atom. The molecule has 0 saturated carbocycles. The Morgan fingerprint density at radius 3 is 2.05 bits per heavy atom. The van der Waals surface area contributed by atoms with Crippen molar-refractivity contribution in [2.45, 2.75) is 25.7 Å². The predicted molar refractivity (Wildman–Crippen MR) is 80.6 cm³/mol. The number of fused-ring (bicyclic) bond motifs is 3. The summed E-state index contributed by atoms with van der Waals surface area (Å²) in [6, 6.07) is 11.2. The molecule has 4 heteroatoms. The van der Waals surface area contributed by atoms with Gasteiger partial charge in [0.1, 0.15) is 0 Å². The molecule has 3 rings (SSSR count). The van der Waals surface area contributed by atoms with Crippen molar-refractivity contribution >= 4 is 10.8 Å². The topological polar surface area (TPSA) is 60.7 Å². The average molecular weight is 313 g/mol. The van der Waals surface area contributed by atoms with Crippen LogP contribution in [0.25, 0.3) is 10.8 Å². The van der Waals surface area contributed by atoms with Gasteiger partial charge in [-0.1, -0.05) is 25.3 Å². The monoisotopic (exact) mass is 313 g/mol.